The second-order valence-electron chi connectivity index (χ2n) is 9.16. The van der Waals surface area contributed by atoms with Crippen molar-refractivity contribution < 1.29 is 9.13 Å². The van der Waals surface area contributed by atoms with Crippen LogP contribution in [0.4, 0.5) is 10.3 Å². The van der Waals surface area contributed by atoms with Crippen LogP contribution in [0.3, 0.4) is 0 Å². The van der Waals surface area contributed by atoms with Crippen molar-refractivity contribution in [2.75, 3.05) is 25.0 Å². The van der Waals surface area contributed by atoms with E-state index in [1.165, 1.54) is 11.8 Å². The van der Waals surface area contributed by atoms with Crippen molar-refractivity contribution in [2.24, 2.45) is 0 Å². The highest BCUT2D eigenvalue weighted by Crippen LogP contribution is 2.30. The first-order valence-corrected chi connectivity index (χ1v) is 11.9. The van der Waals surface area contributed by atoms with E-state index in [2.05, 4.69) is 61.3 Å². The molecule has 0 amide bonds. The largest absolute Gasteiger partial charge is 0.378 e. The molecule has 2 aliphatic rings. The highest BCUT2D eigenvalue weighted by Gasteiger charge is 2.25. The normalized spacial score (nSPS) is 22.4. The Morgan fingerprint density at radius 2 is 1.94 bits per heavy atom. The highest BCUT2D eigenvalue weighted by atomic mass is 19.1. The average molecular weight is 451 g/mol. The third-order valence-corrected chi connectivity index (χ3v) is 6.64. The van der Waals surface area contributed by atoms with Gasteiger partial charge < -0.3 is 15.0 Å². The lowest BCUT2D eigenvalue weighted by Crippen LogP contribution is -2.39. The molecule has 0 aliphatic carbocycles. The standard InChI is InChI=1S/C25H31FN6O/c1-17-13-19(9-12-33-17)24-27-15-22(30-24)23-21(26)14-28-25(31-23)29-20-7-10-32(11-8-20)16-18-5-3-2-4-6-18/h2-6,14-15,17,19-20H,7-13,16H2,1H3,(H,27,30)(H,28,29,31). The van der Waals surface area contributed by atoms with Crippen LogP contribution in [0.5, 0.6) is 0 Å². The number of piperidine rings is 1. The topological polar surface area (TPSA) is 79.0 Å². The Bertz CT molecular complexity index is 1050. The second-order valence-corrected chi connectivity index (χ2v) is 9.16. The van der Waals surface area contributed by atoms with Crippen LogP contribution < -0.4 is 5.32 Å². The third-order valence-electron chi connectivity index (χ3n) is 6.64. The highest BCUT2D eigenvalue weighted by molar-refractivity contribution is 5.55. The molecule has 4 heterocycles. The molecule has 0 radical (unpaired) electrons. The number of likely N-dealkylation sites (tertiary alicyclic amines) is 1. The molecule has 2 unspecified atom stereocenters. The van der Waals surface area contributed by atoms with E-state index in [4.69, 9.17) is 4.74 Å². The molecule has 5 rings (SSSR count). The number of imidazole rings is 1. The first-order chi connectivity index (χ1) is 16.1. The van der Waals surface area contributed by atoms with E-state index in [-0.39, 0.29) is 17.8 Å². The van der Waals surface area contributed by atoms with Gasteiger partial charge in [-0.05, 0) is 38.2 Å². The van der Waals surface area contributed by atoms with Gasteiger partial charge in [-0.15, -0.1) is 0 Å². The lowest BCUT2D eigenvalue weighted by Gasteiger charge is -2.32. The van der Waals surface area contributed by atoms with Crippen molar-refractivity contribution >= 4 is 5.95 Å². The van der Waals surface area contributed by atoms with Crippen molar-refractivity contribution in [1.29, 1.82) is 0 Å². The first-order valence-electron chi connectivity index (χ1n) is 11.9. The Morgan fingerprint density at radius 1 is 1.12 bits per heavy atom. The zero-order valence-corrected chi connectivity index (χ0v) is 19.0. The molecule has 174 valence electrons. The van der Waals surface area contributed by atoms with Gasteiger partial charge in [0.2, 0.25) is 5.95 Å². The Balaban J connectivity index is 1.21. The van der Waals surface area contributed by atoms with Gasteiger partial charge in [0, 0.05) is 38.2 Å². The Morgan fingerprint density at radius 3 is 2.73 bits per heavy atom. The molecule has 2 fully saturated rings. The fraction of sp³-hybridized carbons (Fsp3) is 0.480. The number of hydrogen-bond donors (Lipinski definition) is 2. The summed E-state index contributed by atoms with van der Waals surface area (Å²) in [6, 6.07) is 10.8. The summed E-state index contributed by atoms with van der Waals surface area (Å²) in [6.45, 7) is 5.78. The summed E-state index contributed by atoms with van der Waals surface area (Å²) in [5.74, 6) is 1.18. The number of aromatic amines is 1. The second kappa shape index (κ2) is 9.97. The van der Waals surface area contributed by atoms with Gasteiger partial charge >= 0.3 is 0 Å². The van der Waals surface area contributed by atoms with E-state index in [1.54, 1.807) is 6.20 Å². The van der Waals surface area contributed by atoms with Gasteiger partial charge in [0.05, 0.1) is 24.2 Å². The molecule has 2 atom stereocenters. The van der Waals surface area contributed by atoms with Gasteiger partial charge in [0.1, 0.15) is 11.5 Å². The number of ether oxygens (including phenoxy) is 1. The smallest absolute Gasteiger partial charge is 0.223 e. The molecule has 33 heavy (non-hydrogen) atoms. The van der Waals surface area contributed by atoms with Crippen molar-refractivity contribution in [3.05, 3.63) is 59.9 Å². The molecule has 2 aliphatic heterocycles. The van der Waals surface area contributed by atoms with Crippen LogP contribution in [0.1, 0.15) is 49.9 Å². The summed E-state index contributed by atoms with van der Waals surface area (Å²) >= 11 is 0. The van der Waals surface area contributed by atoms with E-state index >= 15 is 0 Å². The molecule has 8 heteroatoms. The van der Waals surface area contributed by atoms with Crippen molar-refractivity contribution in [3.8, 4) is 11.4 Å². The summed E-state index contributed by atoms with van der Waals surface area (Å²) in [4.78, 5) is 19.0. The SMILES string of the molecule is CC1CC(c2ncc(-c3nc(NC4CCN(Cc5ccccc5)CC4)ncc3F)[nH]2)CCO1. The molecule has 2 N–H and O–H groups in total. The predicted octanol–water partition coefficient (Wildman–Crippen LogP) is 4.36. The van der Waals surface area contributed by atoms with Gasteiger partial charge in [-0.1, -0.05) is 30.3 Å². The summed E-state index contributed by atoms with van der Waals surface area (Å²) in [6.07, 6.45) is 6.95. The van der Waals surface area contributed by atoms with Gasteiger partial charge in [-0.3, -0.25) is 4.90 Å². The number of nitrogens with one attached hydrogen (secondary N) is 2. The van der Waals surface area contributed by atoms with Gasteiger partial charge in [0.15, 0.2) is 5.82 Å². The van der Waals surface area contributed by atoms with E-state index in [0.717, 1.165) is 57.7 Å². The molecule has 2 saturated heterocycles. The van der Waals surface area contributed by atoms with Crippen LogP contribution in [-0.2, 0) is 11.3 Å². The number of H-pyrrole nitrogens is 1. The summed E-state index contributed by atoms with van der Waals surface area (Å²) < 4.78 is 20.2. The number of halogens is 1. The fourth-order valence-corrected chi connectivity index (χ4v) is 4.80. The molecule has 2 aromatic heterocycles. The molecule has 7 nitrogen and oxygen atoms in total. The number of aromatic nitrogens is 4. The van der Waals surface area contributed by atoms with Crippen LogP contribution in [0.2, 0.25) is 0 Å². The molecule has 3 aromatic rings. The lowest BCUT2D eigenvalue weighted by atomic mass is 9.96. The van der Waals surface area contributed by atoms with Crippen LogP contribution in [-0.4, -0.2) is 56.7 Å². The quantitative estimate of drug-likeness (QED) is 0.581. The van der Waals surface area contributed by atoms with Crippen molar-refractivity contribution in [3.63, 3.8) is 0 Å². The summed E-state index contributed by atoms with van der Waals surface area (Å²) in [7, 11) is 0. The summed E-state index contributed by atoms with van der Waals surface area (Å²) in [5, 5.41) is 3.41. The van der Waals surface area contributed by atoms with Crippen molar-refractivity contribution in [2.45, 2.75) is 57.2 Å². The lowest BCUT2D eigenvalue weighted by molar-refractivity contribution is 0.0174. The zero-order chi connectivity index (χ0) is 22.6. The first kappa shape index (κ1) is 22.0. The molecule has 0 bridgehead atoms. The Labute approximate surface area is 193 Å². The molecule has 0 spiro atoms. The number of nitrogens with zero attached hydrogens (tertiary/aromatic N) is 4. The number of benzene rings is 1. The van der Waals surface area contributed by atoms with Crippen LogP contribution in [0.15, 0.2) is 42.7 Å². The number of rotatable bonds is 6. The molecular formula is C25H31FN6O. The maximum absolute atomic E-state index is 14.6. The summed E-state index contributed by atoms with van der Waals surface area (Å²) in [5.41, 5.74) is 2.18. The minimum Gasteiger partial charge on any atom is -0.378 e. The van der Waals surface area contributed by atoms with Gasteiger partial charge in [-0.25, -0.2) is 19.3 Å². The van der Waals surface area contributed by atoms with Gasteiger partial charge in [0.25, 0.3) is 0 Å². The fourth-order valence-electron chi connectivity index (χ4n) is 4.80. The van der Waals surface area contributed by atoms with Gasteiger partial charge in [-0.2, -0.15) is 0 Å². The number of anilines is 1. The maximum Gasteiger partial charge on any atom is 0.223 e. The minimum absolute atomic E-state index is 0.211. The molecule has 0 saturated carbocycles. The van der Waals surface area contributed by atoms with E-state index in [0.29, 0.717) is 17.6 Å². The Hall–Kier alpha value is -2.84. The molecular weight excluding hydrogens is 419 g/mol. The van der Waals surface area contributed by atoms with Crippen molar-refractivity contribution in [1.82, 2.24) is 24.8 Å². The molecule has 1 aromatic carbocycles. The zero-order valence-electron chi connectivity index (χ0n) is 19.0. The maximum atomic E-state index is 14.6. The van der Waals surface area contributed by atoms with Crippen LogP contribution >= 0.6 is 0 Å². The van der Waals surface area contributed by atoms with E-state index in [9.17, 15) is 4.39 Å². The Kier molecular flexibility index (Phi) is 6.64. The van der Waals surface area contributed by atoms with Crippen LogP contribution in [0.25, 0.3) is 11.4 Å². The van der Waals surface area contributed by atoms with E-state index < -0.39 is 5.82 Å². The predicted molar refractivity (Wildman–Crippen MR) is 125 cm³/mol. The van der Waals surface area contributed by atoms with E-state index in [1.807, 2.05) is 6.07 Å². The minimum atomic E-state index is -0.450. The van der Waals surface area contributed by atoms with Crippen LogP contribution in [0, 0.1) is 5.82 Å². The third kappa shape index (κ3) is 5.39. The average Bonchev–Trinajstić information content (AvgIpc) is 3.32. The number of hydrogen-bond acceptors (Lipinski definition) is 6. The monoisotopic (exact) mass is 450 g/mol.